The van der Waals surface area contributed by atoms with Crippen molar-refractivity contribution in [1.82, 2.24) is 4.90 Å². The maximum Gasteiger partial charge on any atom is 0.407 e. The van der Waals surface area contributed by atoms with Crippen molar-refractivity contribution in [3.63, 3.8) is 0 Å². The number of benzene rings is 1. The van der Waals surface area contributed by atoms with E-state index in [1.807, 2.05) is 24.3 Å². The fraction of sp³-hybridized carbons (Fsp3) is 0.462. The molecule has 0 saturated heterocycles. The molecule has 1 aromatic carbocycles. The predicted octanol–water partition coefficient (Wildman–Crippen LogP) is 1.35. The zero-order valence-corrected chi connectivity index (χ0v) is 10.5. The molecule has 0 aliphatic rings. The van der Waals surface area contributed by atoms with Crippen LogP contribution in [-0.4, -0.2) is 48.1 Å². The second kappa shape index (κ2) is 7.68. The van der Waals surface area contributed by atoms with Crippen molar-refractivity contribution in [2.24, 2.45) is 0 Å². The first-order valence-electron chi connectivity index (χ1n) is 5.83. The highest BCUT2D eigenvalue weighted by molar-refractivity contribution is 5.65. The largest absolute Gasteiger partial charge is 0.465 e. The van der Waals surface area contributed by atoms with Crippen molar-refractivity contribution in [2.45, 2.75) is 13.0 Å². The normalized spacial score (nSPS) is 10.3. The van der Waals surface area contributed by atoms with Gasteiger partial charge in [0.2, 0.25) is 0 Å². The summed E-state index contributed by atoms with van der Waals surface area (Å²) in [5, 5.41) is 17.9. The van der Waals surface area contributed by atoms with Crippen molar-refractivity contribution in [1.29, 1.82) is 0 Å². The second-order valence-electron chi connectivity index (χ2n) is 3.99. The molecule has 0 aliphatic carbocycles. The van der Waals surface area contributed by atoms with Crippen LogP contribution in [0.2, 0.25) is 0 Å². The minimum Gasteiger partial charge on any atom is -0.465 e. The number of rotatable bonds is 7. The van der Waals surface area contributed by atoms with Gasteiger partial charge in [0.15, 0.2) is 0 Å². The number of amides is 1. The Hall–Kier alpha value is -1.59. The molecule has 0 aromatic heterocycles. The fourth-order valence-corrected chi connectivity index (χ4v) is 1.68. The number of carboxylic acid groups (broad SMARTS) is 1. The third-order valence-electron chi connectivity index (χ3n) is 2.60. The number of carbonyl (C=O) groups is 1. The van der Waals surface area contributed by atoms with Gasteiger partial charge in [0, 0.05) is 26.8 Å². The zero-order chi connectivity index (χ0) is 13.4. The molecule has 0 bridgehead atoms. The molecule has 18 heavy (non-hydrogen) atoms. The third kappa shape index (κ3) is 4.73. The maximum absolute atomic E-state index is 11.1. The van der Waals surface area contributed by atoms with E-state index in [1.165, 1.54) is 4.90 Å². The zero-order valence-electron chi connectivity index (χ0n) is 10.5. The van der Waals surface area contributed by atoms with E-state index in [0.717, 1.165) is 11.1 Å². The molecule has 0 unspecified atom stereocenters. The van der Waals surface area contributed by atoms with Gasteiger partial charge in [-0.1, -0.05) is 24.3 Å². The van der Waals surface area contributed by atoms with Crippen LogP contribution in [0.3, 0.4) is 0 Å². The van der Waals surface area contributed by atoms with Crippen LogP contribution >= 0.6 is 0 Å². The van der Waals surface area contributed by atoms with E-state index in [-0.39, 0.29) is 6.61 Å². The molecule has 0 spiro atoms. The summed E-state index contributed by atoms with van der Waals surface area (Å²) in [6.45, 7) is 1.15. The summed E-state index contributed by atoms with van der Waals surface area (Å²) in [6, 6.07) is 7.58. The Kier molecular flexibility index (Phi) is 6.18. The van der Waals surface area contributed by atoms with Crippen LogP contribution in [0.25, 0.3) is 0 Å². The van der Waals surface area contributed by atoms with Gasteiger partial charge in [0.1, 0.15) is 0 Å². The number of aliphatic hydroxyl groups is 1. The molecule has 2 N–H and O–H groups in total. The summed E-state index contributed by atoms with van der Waals surface area (Å²) >= 11 is 0. The molecule has 0 radical (unpaired) electrons. The topological polar surface area (TPSA) is 70.0 Å². The number of ether oxygens (including phenoxy) is 1. The van der Waals surface area contributed by atoms with Crippen LogP contribution in [0.15, 0.2) is 24.3 Å². The summed E-state index contributed by atoms with van der Waals surface area (Å²) < 4.78 is 4.88. The Labute approximate surface area is 107 Å². The highest BCUT2D eigenvalue weighted by Gasteiger charge is 2.11. The van der Waals surface area contributed by atoms with Crippen molar-refractivity contribution in [3.8, 4) is 0 Å². The molecular weight excluding hydrogens is 234 g/mol. The smallest absolute Gasteiger partial charge is 0.407 e. The number of hydrogen-bond donors (Lipinski definition) is 2. The average Bonchev–Trinajstić information content (AvgIpc) is 2.35. The van der Waals surface area contributed by atoms with E-state index < -0.39 is 6.09 Å². The lowest BCUT2D eigenvalue weighted by Gasteiger charge is -2.19. The molecule has 100 valence electrons. The van der Waals surface area contributed by atoms with Crippen LogP contribution in [-0.2, 0) is 17.7 Å². The number of aliphatic hydroxyl groups excluding tert-OH is 1. The monoisotopic (exact) mass is 253 g/mol. The lowest BCUT2D eigenvalue weighted by molar-refractivity contribution is 0.115. The van der Waals surface area contributed by atoms with Gasteiger partial charge in [-0.3, -0.25) is 0 Å². The molecule has 0 atom stereocenters. The molecule has 1 amide bonds. The number of nitrogens with zero attached hydrogens (tertiary/aromatic N) is 1. The quantitative estimate of drug-likeness (QED) is 0.769. The van der Waals surface area contributed by atoms with Gasteiger partial charge in [0.25, 0.3) is 0 Å². The van der Waals surface area contributed by atoms with Gasteiger partial charge in [-0.2, -0.15) is 0 Å². The van der Waals surface area contributed by atoms with E-state index in [1.54, 1.807) is 7.11 Å². The summed E-state index contributed by atoms with van der Waals surface area (Å²) in [4.78, 5) is 12.4. The molecule has 5 nitrogen and oxygen atoms in total. The van der Waals surface area contributed by atoms with E-state index in [2.05, 4.69) is 0 Å². The number of hydrogen-bond acceptors (Lipinski definition) is 3. The fourth-order valence-electron chi connectivity index (χ4n) is 1.68. The molecule has 5 heteroatoms. The highest BCUT2D eigenvalue weighted by atomic mass is 16.5. The van der Waals surface area contributed by atoms with E-state index in [0.29, 0.717) is 26.1 Å². The van der Waals surface area contributed by atoms with E-state index in [4.69, 9.17) is 14.9 Å². The first kappa shape index (κ1) is 14.5. The minimum atomic E-state index is -0.959. The predicted molar refractivity (Wildman–Crippen MR) is 67.5 cm³/mol. The van der Waals surface area contributed by atoms with Crippen molar-refractivity contribution < 1.29 is 19.7 Å². The lowest BCUT2D eigenvalue weighted by atomic mass is 10.1. The summed E-state index contributed by atoms with van der Waals surface area (Å²) in [7, 11) is 1.54. The molecule has 0 saturated carbocycles. The lowest BCUT2D eigenvalue weighted by Crippen LogP contribution is -2.32. The first-order valence-corrected chi connectivity index (χ1v) is 5.83. The average molecular weight is 253 g/mol. The van der Waals surface area contributed by atoms with Crippen molar-refractivity contribution >= 4 is 6.09 Å². The standard InChI is InChI=1S/C13H19NO4/c1-18-8-6-14(13(16)17)10-12-4-2-3-11(9-12)5-7-15/h2-4,9,15H,5-8,10H2,1H3,(H,16,17). The Bertz CT molecular complexity index is 381. The second-order valence-corrected chi connectivity index (χ2v) is 3.99. The van der Waals surface area contributed by atoms with Crippen LogP contribution in [0.1, 0.15) is 11.1 Å². The SMILES string of the molecule is COCCN(Cc1cccc(CCO)c1)C(=O)O. The molecular formula is C13H19NO4. The van der Waals surface area contributed by atoms with E-state index >= 15 is 0 Å². The van der Waals surface area contributed by atoms with Crippen LogP contribution in [0.5, 0.6) is 0 Å². The Morgan fingerprint density at radius 2 is 2.11 bits per heavy atom. The van der Waals surface area contributed by atoms with Crippen molar-refractivity contribution in [2.75, 3.05) is 26.9 Å². The molecule has 0 heterocycles. The molecule has 1 rings (SSSR count). The summed E-state index contributed by atoms with van der Waals surface area (Å²) in [5.41, 5.74) is 1.92. The van der Waals surface area contributed by atoms with Gasteiger partial charge >= 0.3 is 6.09 Å². The van der Waals surface area contributed by atoms with Gasteiger partial charge < -0.3 is 19.8 Å². The van der Waals surface area contributed by atoms with Crippen LogP contribution in [0, 0.1) is 0 Å². The Morgan fingerprint density at radius 1 is 1.39 bits per heavy atom. The van der Waals surface area contributed by atoms with Gasteiger partial charge in [-0.25, -0.2) is 4.79 Å². The van der Waals surface area contributed by atoms with Crippen molar-refractivity contribution in [3.05, 3.63) is 35.4 Å². The van der Waals surface area contributed by atoms with E-state index in [9.17, 15) is 4.79 Å². The third-order valence-corrected chi connectivity index (χ3v) is 2.60. The maximum atomic E-state index is 11.1. The first-order chi connectivity index (χ1) is 8.67. The van der Waals surface area contributed by atoms with Crippen LogP contribution < -0.4 is 0 Å². The molecule has 0 aliphatic heterocycles. The summed E-state index contributed by atoms with van der Waals surface area (Å²) in [5.74, 6) is 0. The van der Waals surface area contributed by atoms with Gasteiger partial charge in [0.05, 0.1) is 6.61 Å². The Balaban J connectivity index is 2.67. The van der Waals surface area contributed by atoms with Crippen LogP contribution in [0.4, 0.5) is 4.79 Å². The highest BCUT2D eigenvalue weighted by Crippen LogP contribution is 2.09. The van der Waals surface area contributed by atoms with Gasteiger partial charge in [-0.15, -0.1) is 0 Å². The molecule has 0 fully saturated rings. The minimum absolute atomic E-state index is 0.0930. The Morgan fingerprint density at radius 3 is 2.72 bits per heavy atom. The summed E-state index contributed by atoms with van der Waals surface area (Å²) in [6.07, 6.45) is -0.376. The van der Waals surface area contributed by atoms with Gasteiger partial charge in [-0.05, 0) is 17.5 Å². The molecule has 1 aromatic rings. The number of methoxy groups -OCH3 is 1.